The van der Waals surface area contributed by atoms with Crippen LogP contribution in [0.3, 0.4) is 0 Å². The topological polar surface area (TPSA) is 73.8 Å². The summed E-state index contributed by atoms with van der Waals surface area (Å²) in [6.07, 6.45) is 1.47. The van der Waals surface area contributed by atoms with Gasteiger partial charge in [-0.25, -0.2) is 9.37 Å². The number of hydrogen-bond donors (Lipinski definition) is 0. The zero-order valence-corrected chi connectivity index (χ0v) is 13.4. The molecule has 0 bridgehead atoms. The van der Waals surface area contributed by atoms with Gasteiger partial charge in [-0.15, -0.1) is 21.5 Å². The zero-order chi connectivity index (χ0) is 16.7. The number of halogens is 1. The van der Waals surface area contributed by atoms with Crippen LogP contribution in [0.4, 0.5) is 4.39 Å². The molecule has 4 rings (SSSR count). The summed E-state index contributed by atoms with van der Waals surface area (Å²) >= 11 is 1.38. The molecule has 0 fully saturated rings. The number of fused-ring (bicyclic) bond motifs is 1. The molecule has 120 valence electrons. The second-order valence-corrected chi connectivity index (χ2v) is 6.09. The summed E-state index contributed by atoms with van der Waals surface area (Å²) in [5.74, 6) is 0.463. The van der Waals surface area contributed by atoms with E-state index in [1.54, 1.807) is 19.1 Å². The van der Waals surface area contributed by atoms with Gasteiger partial charge in [0.15, 0.2) is 0 Å². The predicted molar refractivity (Wildman–Crippen MR) is 87.4 cm³/mol. The third kappa shape index (κ3) is 2.50. The van der Waals surface area contributed by atoms with Crippen LogP contribution in [0, 0.1) is 12.7 Å². The van der Waals surface area contributed by atoms with Gasteiger partial charge in [-0.2, -0.15) is 0 Å². The molecule has 0 aliphatic heterocycles. The molecule has 1 aromatic carbocycles. The standard InChI is InChI=1S/C16H11FN4O2S/c1-9-19-20-13(23-9)6-21-8-18-15-14(16(21)22)12(7-24-15)10-2-4-11(17)5-3-10/h2-5,7-8H,6H2,1H3. The highest BCUT2D eigenvalue weighted by atomic mass is 32.1. The van der Waals surface area contributed by atoms with Crippen LogP contribution in [0.5, 0.6) is 0 Å². The largest absolute Gasteiger partial charge is 0.424 e. The normalized spacial score (nSPS) is 11.2. The summed E-state index contributed by atoms with van der Waals surface area (Å²) in [5.41, 5.74) is 1.31. The summed E-state index contributed by atoms with van der Waals surface area (Å²) in [7, 11) is 0. The number of benzene rings is 1. The highest BCUT2D eigenvalue weighted by Crippen LogP contribution is 2.30. The molecule has 0 N–H and O–H groups in total. The van der Waals surface area contributed by atoms with Crippen LogP contribution in [-0.4, -0.2) is 19.7 Å². The first-order valence-electron chi connectivity index (χ1n) is 7.13. The molecule has 3 aromatic heterocycles. The van der Waals surface area contributed by atoms with Gasteiger partial charge in [0.1, 0.15) is 17.2 Å². The molecule has 3 heterocycles. The predicted octanol–water partition coefficient (Wildman–Crippen LogP) is 3.00. The molecule has 0 aliphatic carbocycles. The molecule has 4 aromatic rings. The summed E-state index contributed by atoms with van der Waals surface area (Å²) < 4.78 is 19.9. The van der Waals surface area contributed by atoms with Crippen molar-refractivity contribution in [2.24, 2.45) is 0 Å². The van der Waals surface area contributed by atoms with Gasteiger partial charge in [0.05, 0.1) is 11.7 Å². The van der Waals surface area contributed by atoms with E-state index in [-0.39, 0.29) is 17.9 Å². The minimum absolute atomic E-state index is 0.154. The summed E-state index contributed by atoms with van der Waals surface area (Å²) in [6.45, 7) is 1.84. The van der Waals surface area contributed by atoms with E-state index in [0.717, 1.165) is 11.1 Å². The average Bonchev–Trinajstić information content (AvgIpc) is 3.18. The van der Waals surface area contributed by atoms with Gasteiger partial charge in [-0.1, -0.05) is 12.1 Å². The summed E-state index contributed by atoms with van der Waals surface area (Å²) in [5, 5.41) is 10.0. The lowest BCUT2D eigenvalue weighted by molar-refractivity contribution is 0.451. The Morgan fingerprint density at radius 1 is 1.25 bits per heavy atom. The van der Waals surface area contributed by atoms with E-state index in [2.05, 4.69) is 15.2 Å². The van der Waals surface area contributed by atoms with E-state index in [1.807, 2.05) is 5.38 Å². The maximum atomic E-state index is 13.1. The molecule has 0 saturated carbocycles. The maximum Gasteiger partial charge on any atom is 0.263 e. The lowest BCUT2D eigenvalue weighted by Crippen LogP contribution is -2.21. The fraction of sp³-hybridized carbons (Fsp3) is 0.125. The smallest absolute Gasteiger partial charge is 0.263 e. The Balaban J connectivity index is 1.84. The molecule has 0 saturated heterocycles. The fourth-order valence-corrected chi connectivity index (χ4v) is 3.38. The Morgan fingerprint density at radius 2 is 2.04 bits per heavy atom. The first kappa shape index (κ1) is 14.7. The molecular formula is C16H11FN4O2S. The van der Waals surface area contributed by atoms with Crippen LogP contribution in [0.15, 0.2) is 45.2 Å². The third-order valence-corrected chi connectivity index (χ3v) is 4.48. The number of aryl methyl sites for hydroxylation is 1. The molecule has 0 atom stereocenters. The Bertz CT molecular complexity index is 1080. The minimum Gasteiger partial charge on any atom is -0.424 e. The van der Waals surface area contributed by atoms with Crippen molar-refractivity contribution in [3.8, 4) is 11.1 Å². The van der Waals surface area contributed by atoms with Crippen molar-refractivity contribution in [2.45, 2.75) is 13.5 Å². The first-order chi connectivity index (χ1) is 11.6. The van der Waals surface area contributed by atoms with Gasteiger partial charge in [0, 0.05) is 17.9 Å². The number of thiophene rings is 1. The lowest BCUT2D eigenvalue weighted by Gasteiger charge is -2.03. The van der Waals surface area contributed by atoms with Crippen molar-refractivity contribution in [3.63, 3.8) is 0 Å². The summed E-state index contributed by atoms with van der Waals surface area (Å²) in [6, 6.07) is 6.04. The van der Waals surface area contributed by atoms with Crippen LogP contribution in [0.25, 0.3) is 21.3 Å². The minimum atomic E-state index is -0.319. The molecule has 8 heteroatoms. The number of rotatable bonds is 3. The molecule has 0 unspecified atom stereocenters. The molecule has 0 amide bonds. The van der Waals surface area contributed by atoms with Crippen molar-refractivity contribution < 1.29 is 8.81 Å². The van der Waals surface area contributed by atoms with E-state index >= 15 is 0 Å². The van der Waals surface area contributed by atoms with Crippen molar-refractivity contribution >= 4 is 21.6 Å². The first-order valence-corrected chi connectivity index (χ1v) is 8.01. The Hall–Kier alpha value is -2.87. The van der Waals surface area contributed by atoms with Crippen molar-refractivity contribution in [3.05, 3.63) is 63.9 Å². The van der Waals surface area contributed by atoms with Crippen LogP contribution in [-0.2, 0) is 6.54 Å². The second-order valence-electron chi connectivity index (χ2n) is 5.23. The highest BCUT2D eigenvalue weighted by Gasteiger charge is 2.14. The van der Waals surface area contributed by atoms with Crippen molar-refractivity contribution in [1.29, 1.82) is 0 Å². The van der Waals surface area contributed by atoms with E-state index in [4.69, 9.17) is 4.42 Å². The van der Waals surface area contributed by atoms with E-state index in [0.29, 0.717) is 22.0 Å². The SMILES string of the molecule is Cc1nnc(Cn2cnc3scc(-c4ccc(F)cc4)c3c2=O)o1. The average molecular weight is 342 g/mol. The quantitative estimate of drug-likeness (QED) is 0.572. The molecule has 24 heavy (non-hydrogen) atoms. The highest BCUT2D eigenvalue weighted by molar-refractivity contribution is 7.17. The van der Waals surface area contributed by atoms with Crippen LogP contribution < -0.4 is 5.56 Å². The molecule has 0 aliphatic rings. The number of aromatic nitrogens is 4. The van der Waals surface area contributed by atoms with Gasteiger partial charge in [-0.05, 0) is 17.7 Å². The van der Waals surface area contributed by atoms with E-state index in [9.17, 15) is 9.18 Å². The molecular weight excluding hydrogens is 331 g/mol. The van der Waals surface area contributed by atoms with Gasteiger partial charge in [-0.3, -0.25) is 9.36 Å². The lowest BCUT2D eigenvalue weighted by atomic mass is 10.1. The van der Waals surface area contributed by atoms with Gasteiger partial charge in [0.2, 0.25) is 11.8 Å². The Kier molecular flexibility index (Phi) is 3.46. The number of hydrogen-bond acceptors (Lipinski definition) is 6. The summed E-state index contributed by atoms with van der Waals surface area (Å²) in [4.78, 5) is 17.8. The number of nitrogens with zero attached hydrogens (tertiary/aromatic N) is 4. The Labute approximate surface area is 139 Å². The second kappa shape index (κ2) is 5.64. The zero-order valence-electron chi connectivity index (χ0n) is 12.6. The van der Waals surface area contributed by atoms with Gasteiger partial charge >= 0.3 is 0 Å². The van der Waals surface area contributed by atoms with Gasteiger partial charge < -0.3 is 4.42 Å². The monoisotopic (exact) mass is 342 g/mol. The maximum absolute atomic E-state index is 13.1. The van der Waals surface area contributed by atoms with Crippen LogP contribution >= 0.6 is 11.3 Å². The van der Waals surface area contributed by atoms with E-state index < -0.39 is 0 Å². The van der Waals surface area contributed by atoms with Crippen LogP contribution in [0.1, 0.15) is 11.8 Å². The van der Waals surface area contributed by atoms with Crippen molar-refractivity contribution in [1.82, 2.24) is 19.7 Å². The molecule has 0 radical (unpaired) electrons. The van der Waals surface area contributed by atoms with Gasteiger partial charge in [0.25, 0.3) is 5.56 Å². The third-order valence-electron chi connectivity index (χ3n) is 3.59. The van der Waals surface area contributed by atoms with Crippen molar-refractivity contribution in [2.75, 3.05) is 0 Å². The molecule has 0 spiro atoms. The fourth-order valence-electron chi connectivity index (χ4n) is 2.47. The molecule has 6 nitrogen and oxygen atoms in total. The van der Waals surface area contributed by atoms with Crippen LogP contribution in [0.2, 0.25) is 0 Å². The van der Waals surface area contributed by atoms with E-state index in [1.165, 1.54) is 34.4 Å². The Morgan fingerprint density at radius 3 is 2.75 bits per heavy atom.